The molecule has 1 N–H and O–H groups in total. The maximum absolute atomic E-state index is 12.7. The molecule has 1 aromatic carbocycles. The molecule has 0 fully saturated rings. The Kier molecular flexibility index (Phi) is 5.85. The smallest absolute Gasteiger partial charge is 0.227 e. The summed E-state index contributed by atoms with van der Waals surface area (Å²) in [6, 6.07) is 5.76. The molecule has 2 aromatic rings. The Bertz CT molecular complexity index is 1080. The summed E-state index contributed by atoms with van der Waals surface area (Å²) in [5.74, 6) is -0.607. The highest BCUT2D eigenvalue weighted by atomic mass is 16.2. The van der Waals surface area contributed by atoms with E-state index in [1.54, 1.807) is 18.1 Å². The average Bonchev–Trinajstić information content (AvgIpc) is 2.75. The van der Waals surface area contributed by atoms with Gasteiger partial charge in [0.05, 0.1) is 45.3 Å². The van der Waals surface area contributed by atoms with Gasteiger partial charge in [0.2, 0.25) is 11.8 Å². The number of hydrogen-bond donors (Lipinski definition) is 1. The summed E-state index contributed by atoms with van der Waals surface area (Å²) in [6.45, 7) is 0. The SMILES string of the molecule is [B]C([B])([B])C([B])([B])C(=O)NC1CCCc2c(-c3ccc4c(c3)CCC(=O)N4C)cncc21. The summed E-state index contributed by atoms with van der Waals surface area (Å²) in [4.78, 5) is 30.8. The molecule has 0 saturated carbocycles. The van der Waals surface area contributed by atoms with Crippen LogP contribution in [0.2, 0.25) is 10.3 Å². The Morgan fingerprint density at radius 3 is 2.59 bits per heavy atom. The number of aryl methyl sites for hydroxylation is 1. The van der Waals surface area contributed by atoms with Crippen LogP contribution in [-0.4, -0.2) is 63.1 Å². The molecule has 1 unspecified atom stereocenters. The molecule has 150 valence electrons. The second-order valence-corrected chi connectivity index (χ2v) is 8.77. The number of hydrogen-bond acceptors (Lipinski definition) is 3. The lowest BCUT2D eigenvalue weighted by Crippen LogP contribution is -2.47. The maximum atomic E-state index is 12.7. The van der Waals surface area contributed by atoms with Crippen molar-refractivity contribution in [3.63, 3.8) is 0 Å². The van der Waals surface area contributed by atoms with E-state index in [0.29, 0.717) is 19.3 Å². The Morgan fingerprint density at radius 2 is 1.88 bits per heavy atom. The van der Waals surface area contributed by atoms with E-state index >= 15 is 0 Å². The monoisotopic (exact) mass is 413 g/mol. The minimum Gasteiger partial charge on any atom is -0.350 e. The van der Waals surface area contributed by atoms with E-state index in [1.165, 1.54) is 0 Å². The van der Waals surface area contributed by atoms with Crippen molar-refractivity contribution in [2.24, 2.45) is 0 Å². The van der Waals surface area contributed by atoms with E-state index in [2.05, 4.69) is 16.4 Å². The maximum Gasteiger partial charge on any atom is 0.227 e. The molecule has 2 heterocycles. The number of rotatable bonds is 4. The highest BCUT2D eigenvalue weighted by Gasteiger charge is 2.38. The minimum atomic E-state index is -2.14. The fourth-order valence-electron chi connectivity index (χ4n) is 4.42. The summed E-state index contributed by atoms with van der Waals surface area (Å²) in [7, 11) is 30.2. The van der Waals surface area contributed by atoms with Crippen LogP contribution in [0.15, 0.2) is 30.6 Å². The van der Waals surface area contributed by atoms with E-state index in [-0.39, 0.29) is 11.9 Å². The number of pyridine rings is 1. The number of anilines is 1. The van der Waals surface area contributed by atoms with Crippen LogP contribution in [0, 0.1) is 0 Å². The van der Waals surface area contributed by atoms with Gasteiger partial charge in [0.25, 0.3) is 0 Å². The highest BCUT2D eigenvalue weighted by molar-refractivity contribution is 6.71. The van der Waals surface area contributed by atoms with Crippen molar-refractivity contribution in [1.29, 1.82) is 0 Å². The molecule has 2 aliphatic rings. The third-order valence-electron chi connectivity index (χ3n) is 6.52. The number of aromatic nitrogens is 1. The lowest BCUT2D eigenvalue weighted by Gasteiger charge is -2.41. The molecule has 10 radical (unpaired) electrons. The van der Waals surface area contributed by atoms with Gasteiger partial charge in [0.1, 0.15) is 0 Å². The van der Waals surface area contributed by atoms with Crippen LogP contribution >= 0.6 is 0 Å². The third-order valence-corrected chi connectivity index (χ3v) is 6.52. The van der Waals surface area contributed by atoms with Gasteiger partial charge in [-0.1, -0.05) is 6.07 Å². The van der Waals surface area contributed by atoms with Crippen molar-refractivity contribution in [2.45, 2.75) is 48.5 Å². The number of nitrogens with one attached hydrogen (secondary N) is 1. The molecule has 1 aromatic heterocycles. The number of carbonyl (C=O) groups is 2. The number of carbonyl (C=O) groups excluding carboxylic acids is 2. The Balaban J connectivity index is 1.67. The van der Waals surface area contributed by atoms with Gasteiger partial charge < -0.3 is 10.2 Å². The predicted molar refractivity (Wildman–Crippen MR) is 129 cm³/mol. The molecule has 5 nitrogen and oxygen atoms in total. The van der Waals surface area contributed by atoms with Crippen LogP contribution in [0.5, 0.6) is 0 Å². The average molecular weight is 412 g/mol. The van der Waals surface area contributed by atoms with Gasteiger partial charge >= 0.3 is 0 Å². The molecule has 0 bridgehead atoms. The Hall–Kier alpha value is -2.37. The number of nitrogens with zero attached hydrogens (tertiary/aromatic N) is 2. The Labute approximate surface area is 195 Å². The van der Waals surface area contributed by atoms with Crippen LogP contribution in [0.3, 0.4) is 0 Å². The largest absolute Gasteiger partial charge is 0.350 e. The van der Waals surface area contributed by atoms with E-state index in [0.717, 1.165) is 46.3 Å². The van der Waals surface area contributed by atoms with Gasteiger partial charge in [-0.25, -0.2) is 0 Å². The van der Waals surface area contributed by atoms with Gasteiger partial charge in [0, 0.05) is 37.1 Å². The quantitative estimate of drug-likeness (QED) is 0.768. The summed E-state index contributed by atoms with van der Waals surface area (Å²) in [5.41, 5.74) is 6.10. The van der Waals surface area contributed by atoms with Crippen molar-refractivity contribution >= 4 is 56.7 Å². The highest BCUT2D eigenvalue weighted by Crippen LogP contribution is 2.41. The van der Waals surface area contributed by atoms with Crippen LogP contribution in [-0.2, 0) is 22.4 Å². The zero-order valence-corrected chi connectivity index (χ0v) is 18.1. The lowest BCUT2D eigenvalue weighted by molar-refractivity contribution is -0.123. The molecule has 1 aliphatic carbocycles. The van der Waals surface area contributed by atoms with Crippen molar-refractivity contribution in [1.82, 2.24) is 10.3 Å². The summed E-state index contributed by atoms with van der Waals surface area (Å²) >= 11 is 0. The van der Waals surface area contributed by atoms with Gasteiger partial charge in [-0.3, -0.25) is 14.6 Å². The van der Waals surface area contributed by atoms with E-state index < -0.39 is 16.2 Å². The van der Waals surface area contributed by atoms with Crippen molar-refractivity contribution < 1.29 is 9.59 Å². The normalized spacial score (nSPS) is 18.6. The van der Waals surface area contributed by atoms with Crippen LogP contribution in [0.25, 0.3) is 11.1 Å². The predicted octanol–water partition coefficient (Wildman–Crippen LogP) is 1.18. The number of benzene rings is 1. The molecule has 0 spiro atoms. The first-order valence-corrected chi connectivity index (χ1v) is 10.6. The van der Waals surface area contributed by atoms with Crippen molar-refractivity contribution in [3.8, 4) is 11.1 Å². The first kappa shape index (κ1) is 22.8. The second kappa shape index (κ2) is 8.20. The van der Waals surface area contributed by atoms with Crippen LogP contribution < -0.4 is 10.2 Å². The summed E-state index contributed by atoms with van der Waals surface area (Å²) in [6.07, 6.45) is 7.20. The van der Waals surface area contributed by atoms with Crippen LogP contribution in [0.1, 0.15) is 42.0 Å². The summed E-state index contributed by atoms with van der Waals surface area (Å²) < 4.78 is 0. The fraction of sp³-hybridized carbons (Fsp3) is 0.409. The third kappa shape index (κ3) is 3.93. The molecule has 4 rings (SSSR count). The van der Waals surface area contributed by atoms with Gasteiger partial charge in [-0.2, -0.15) is 0 Å². The van der Waals surface area contributed by atoms with Crippen molar-refractivity contribution in [2.75, 3.05) is 11.9 Å². The van der Waals surface area contributed by atoms with Crippen molar-refractivity contribution in [3.05, 3.63) is 47.3 Å². The standard InChI is InChI=1S/C22H20B5N3O2/c1-30-18-7-5-12(9-13(18)6-8-19(30)31)15-10-28-11-16-14(15)3-2-4-17(16)29-20(32)21(23,24)22(25,26)27/h5,7,9-11,17H,2-4,6,8H2,1H3,(H,29,32). The van der Waals surface area contributed by atoms with E-state index in [9.17, 15) is 9.59 Å². The number of amides is 2. The fourth-order valence-corrected chi connectivity index (χ4v) is 4.42. The molecule has 2 amide bonds. The van der Waals surface area contributed by atoms with Gasteiger partial charge in [0.15, 0.2) is 0 Å². The number of fused-ring (bicyclic) bond motifs is 2. The zero-order chi connectivity index (χ0) is 23.3. The van der Waals surface area contributed by atoms with Gasteiger partial charge in [-0.15, -0.1) is 5.11 Å². The molecular weight excluding hydrogens is 392 g/mol. The zero-order valence-electron chi connectivity index (χ0n) is 18.1. The molecule has 1 atom stereocenters. The second-order valence-electron chi connectivity index (χ2n) is 8.77. The molecule has 10 heteroatoms. The first-order chi connectivity index (χ1) is 15.0. The molecule has 32 heavy (non-hydrogen) atoms. The lowest BCUT2D eigenvalue weighted by atomic mass is 9.23. The van der Waals surface area contributed by atoms with Crippen LogP contribution in [0.4, 0.5) is 5.69 Å². The van der Waals surface area contributed by atoms with E-state index in [1.807, 2.05) is 18.3 Å². The topological polar surface area (TPSA) is 62.3 Å². The molecular formula is C22H20B5N3O2. The van der Waals surface area contributed by atoms with Gasteiger partial charge in [-0.05, 0) is 65.3 Å². The first-order valence-electron chi connectivity index (χ1n) is 10.6. The van der Waals surface area contributed by atoms with E-state index in [4.69, 9.17) is 39.2 Å². The molecule has 1 aliphatic heterocycles. The summed E-state index contributed by atoms with van der Waals surface area (Å²) in [5, 5.41) is -1.37. The minimum absolute atomic E-state index is 0.120. The Morgan fingerprint density at radius 1 is 1.12 bits per heavy atom. The molecule has 0 saturated heterocycles.